The van der Waals surface area contributed by atoms with Crippen LogP contribution in [-0.4, -0.2) is 5.66 Å². The van der Waals surface area contributed by atoms with E-state index in [-0.39, 0.29) is 0 Å². The van der Waals surface area contributed by atoms with Crippen molar-refractivity contribution < 1.29 is 0 Å². The first-order valence-electron chi connectivity index (χ1n) is 6.29. The summed E-state index contributed by atoms with van der Waals surface area (Å²) in [6, 6.07) is 7.11. The Hall–Kier alpha value is -1.58. The van der Waals surface area contributed by atoms with Gasteiger partial charge in [0.05, 0.1) is 12.8 Å². The Morgan fingerprint density at radius 2 is 1.29 bits per heavy atom. The monoisotopic (exact) mass is 232 g/mol. The highest BCUT2D eigenvalue weighted by atomic mass is 16.5. The molecule has 4 heteroatoms. The molecule has 0 radical (unpaired) electrons. The molecular weight excluding hydrogens is 216 g/mol. The third-order valence-electron chi connectivity index (χ3n) is 3.98. The molecule has 1 aliphatic heterocycles. The molecule has 0 N–H and O–H groups in total. The molecule has 0 atom stereocenters. The lowest BCUT2D eigenvalue weighted by Gasteiger charge is -2.24. The molecule has 0 bridgehead atoms. The van der Waals surface area contributed by atoms with Crippen LogP contribution in [0.25, 0.3) is 0 Å². The Kier molecular flexibility index (Phi) is 2.31. The van der Waals surface area contributed by atoms with E-state index >= 15 is 0 Å². The minimum absolute atomic E-state index is 0.532. The average Bonchev–Trinajstić information content (AvgIpc) is 2.57. The van der Waals surface area contributed by atoms with Gasteiger partial charge < -0.3 is 10.4 Å². The van der Waals surface area contributed by atoms with Crippen LogP contribution in [0.5, 0.6) is 0 Å². The van der Waals surface area contributed by atoms with Gasteiger partial charge in [0.2, 0.25) is 0 Å². The van der Waals surface area contributed by atoms with Crippen LogP contribution in [0, 0.1) is 10.4 Å². The van der Waals surface area contributed by atoms with Crippen LogP contribution < -0.4 is 20.2 Å². The number of fused-ring (bicyclic) bond motifs is 1. The Labute approximate surface area is 99.7 Å². The Balaban J connectivity index is 2.24. The number of rotatable bonds is 0. The van der Waals surface area contributed by atoms with E-state index in [1.807, 2.05) is 12.1 Å². The Morgan fingerprint density at radius 3 is 1.76 bits per heavy atom. The Morgan fingerprint density at radius 1 is 0.824 bits per heavy atom. The van der Waals surface area contributed by atoms with Gasteiger partial charge in [-0.3, -0.25) is 0 Å². The van der Waals surface area contributed by atoms with Gasteiger partial charge in [-0.1, -0.05) is 25.0 Å². The zero-order valence-electron chi connectivity index (χ0n) is 9.76. The van der Waals surface area contributed by atoms with Crippen LogP contribution in [-0.2, 0) is 0 Å². The van der Waals surface area contributed by atoms with Crippen molar-refractivity contribution in [2.24, 2.45) is 0 Å². The van der Waals surface area contributed by atoms with Gasteiger partial charge in [0, 0.05) is 12.1 Å². The van der Waals surface area contributed by atoms with E-state index in [0.717, 1.165) is 35.2 Å². The predicted molar refractivity (Wildman–Crippen MR) is 65.3 cm³/mol. The standard InChI is InChI=1S/C13H16N2O2/c16-14-11-7-3-4-8-12(11)15(17)13(14)9-5-1-2-6-10-13/h3-4,7-8H,1-2,5-6,9-10H2. The van der Waals surface area contributed by atoms with Crippen LogP contribution in [0.3, 0.4) is 0 Å². The van der Waals surface area contributed by atoms with E-state index in [1.54, 1.807) is 12.1 Å². The van der Waals surface area contributed by atoms with Gasteiger partial charge in [-0.2, -0.15) is 0 Å². The quantitative estimate of drug-likeness (QED) is 0.489. The molecule has 1 aromatic carbocycles. The summed E-state index contributed by atoms with van der Waals surface area (Å²) in [6.45, 7) is 0. The third kappa shape index (κ3) is 1.36. The molecule has 1 aromatic rings. The molecule has 0 unspecified atom stereocenters. The molecule has 1 saturated carbocycles. The molecule has 2 aliphatic rings. The summed E-state index contributed by atoms with van der Waals surface area (Å²) in [4.78, 5) is 0. The smallest absolute Gasteiger partial charge is 0.372 e. The highest BCUT2D eigenvalue weighted by Crippen LogP contribution is 2.28. The molecular formula is C13H16N2O2. The fourth-order valence-corrected chi connectivity index (χ4v) is 3.04. The summed E-state index contributed by atoms with van der Waals surface area (Å²) in [5.74, 6) is 0. The second kappa shape index (κ2) is 3.72. The number of benzene rings is 1. The van der Waals surface area contributed by atoms with Crippen LogP contribution in [0.1, 0.15) is 38.5 Å². The van der Waals surface area contributed by atoms with E-state index < -0.39 is 5.66 Å². The third-order valence-corrected chi connectivity index (χ3v) is 3.98. The van der Waals surface area contributed by atoms with Gasteiger partial charge in [0.15, 0.2) is 0 Å². The summed E-state index contributed by atoms with van der Waals surface area (Å²) in [5.41, 5.74) is -0.861. The molecule has 0 aromatic heterocycles. The SMILES string of the molecule is [O-][N+]1=c2ccccc2=[N+]([O-])C12CCCCCC2. The molecule has 1 spiro atoms. The summed E-state index contributed by atoms with van der Waals surface area (Å²) in [5, 5.41) is 25.9. The van der Waals surface area contributed by atoms with Crippen molar-refractivity contribution >= 4 is 0 Å². The highest BCUT2D eigenvalue weighted by molar-refractivity contribution is 5.11. The number of nitrogens with zero attached hydrogens (tertiary/aromatic N) is 2. The lowest BCUT2D eigenvalue weighted by Crippen LogP contribution is -2.51. The van der Waals surface area contributed by atoms with E-state index in [1.165, 1.54) is 0 Å². The maximum absolute atomic E-state index is 12.4. The normalized spacial score (nSPS) is 22.6. The molecule has 1 fully saturated rings. The fourth-order valence-electron chi connectivity index (χ4n) is 3.04. The summed E-state index contributed by atoms with van der Waals surface area (Å²) in [6.07, 6.45) is 5.53. The van der Waals surface area contributed by atoms with E-state index in [4.69, 9.17) is 0 Å². The summed E-state index contributed by atoms with van der Waals surface area (Å²) < 4.78 is 1.92. The molecule has 3 rings (SSSR count). The number of hydrogen-bond donors (Lipinski definition) is 0. The highest BCUT2D eigenvalue weighted by Gasteiger charge is 2.51. The van der Waals surface area contributed by atoms with Gasteiger partial charge >= 0.3 is 5.66 Å². The molecule has 4 nitrogen and oxygen atoms in total. The van der Waals surface area contributed by atoms with Crippen LogP contribution in [0.4, 0.5) is 0 Å². The predicted octanol–water partition coefficient (Wildman–Crippen LogP) is 0.728. The lowest BCUT2D eigenvalue weighted by atomic mass is 10.0. The van der Waals surface area contributed by atoms with Gasteiger partial charge in [-0.15, -0.1) is 9.48 Å². The van der Waals surface area contributed by atoms with Crippen molar-refractivity contribution in [3.63, 3.8) is 0 Å². The van der Waals surface area contributed by atoms with Gasteiger partial charge in [0.25, 0.3) is 10.7 Å². The van der Waals surface area contributed by atoms with Gasteiger partial charge in [0.1, 0.15) is 0 Å². The van der Waals surface area contributed by atoms with Crippen LogP contribution >= 0.6 is 0 Å². The van der Waals surface area contributed by atoms with E-state index in [2.05, 4.69) is 0 Å². The first kappa shape index (κ1) is 10.6. The fraction of sp³-hybridized carbons (Fsp3) is 0.538. The Bertz CT molecular complexity index is 514. The van der Waals surface area contributed by atoms with Crippen molar-refractivity contribution in [3.8, 4) is 0 Å². The van der Waals surface area contributed by atoms with Crippen molar-refractivity contribution in [2.45, 2.75) is 44.2 Å². The van der Waals surface area contributed by atoms with Gasteiger partial charge in [-0.05, 0) is 12.8 Å². The first-order valence-corrected chi connectivity index (χ1v) is 6.29. The van der Waals surface area contributed by atoms with Crippen molar-refractivity contribution in [2.75, 3.05) is 0 Å². The van der Waals surface area contributed by atoms with E-state index in [9.17, 15) is 10.4 Å². The van der Waals surface area contributed by atoms with E-state index in [0.29, 0.717) is 23.6 Å². The minimum Gasteiger partial charge on any atom is -0.618 e. The zero-order chi connectivity index (χ0) is 11.9. The lowest BCUT2D eigenvalue weighted by molar-refractivity contribution is 0.225. The van der Waals surface area contributed by atoms with Crippen molar-refractivity contribution in [3.05, 3.63) is 45.4 Å². The van der Waals surface area contributed by atoms with Crippen LogP contribution in [0.15, 0.2) is 24.3 Å². The second-order valence-electron chi connectivity index (χ2n) is 4.97. The molecule has 0 amide bonds. The summed E-state index contributed by atoms with van der Waals surface area (Å²) in [7, 11) is 0. The maximum atomic E-state index is 12.4. The molecule has 17 heavy (non-hydrogen) atoms. The van der Waals surface area contributed by atoms with Crippen molar-refractivity contribution in [1.29, 1.82) is 0 Å². The minimum atomic E-state index is -0.861. The first-order chi connectivity index (χ1) is 8.26. The average molecular weight is 232 g/mol. The summed E-state index contributed by atoms with van der Waals surface area (Å²) >= 11 is 0. The van der Waals surface area contributed by atoms with Crippen LogP contribution in [0.2, 0.25) is 0 Å². The number of para-hydroxylation sites is 2. The molecule has 1 heterocycles. The zero-order valence-corrected chi connectivity index (χ0v) is 9.76. The largest absolute Gasteiger partial charge is 0.618 e. The number of hydroxylamine groups is 2. The maximum Gasteiger partial charge on any atom is 0.372 e. The molecule has 0 saturated heterocycles. The topological polar surface area (TPSA) is 52.1 Å². The van der Waals surface area contributed by atoms with Crippen molar-refractivity contribution in [1.82, 2.24) is 9.48 Å². The molecule has 90 valence electrons. The second-order valence-corrected chi connectivity index (χ2v) is 4.97. The number of hydrogen-bond acceptors (Lipinski definition) is 2. The molecule has 1 aliphatic carbocycles. The van der Waals surface area contributed by atoms with Gasteiger partial charge in [-0.25, -0.2) is 0 Å².